The summed E-state index contributed by atoms with van der Waals surface area (Å²) in [5, 5.41) is 0. The SMILES string of the molecule is Cc1ccc(-c2nc(Br)cc(Br)n2)s1. The number of thiophene rings is 1. The molecule has 0 amide bonds. The van der Waals surface area contributed by atoms with Gasteiger partial charge in [-0.2, -0.15) is 0 Å². The molecule has 0 radical (unpaired) electrons. The molecule has 0 aromatic carbocycles. The maximum absolute atomic E-state index is 4.30. The Morgan fingerprint density at radius 1 is 1.14 bits per heavy atom. The summed E-state index contributed by atoms with van der Waals surface area (Å²) < 4.78 is 1.58. The number of hydrogen-bond acceptors (Lipinski definition) is 3. The topological polar surface area (TPSA) is 25.8 Å². The first kappa shape index (κ1) is 10.3. The molecule has 0 fully saturated rings. The van der Waals surface area contributed by atoms with E-state index in [0.29, 0.717) is 0 Å². The Hall–Kier alpha value is -0.260. The van der Waals surface area contributed by atoms with Crippen LogP contribution < -0.4 is 0 Å². The molecule has 2 rings (SSSR count). The average molecular weight is 334 g/mol. The van der Waals surface area contributed by atoms with Gasteiger partial charge < -0.3 is 0 Å². The molecule has 2 aromatic rings. The number of aryl methyl sites for hydroxylation is 1. The molecule has 0 atom stereocenters. The van der Waals surface area contributed by atoms with E-state index in [1.165, 1.54) is 4.88 Å². The fourth-order valence-corrected chi connectivity index (χ4v) is 2.93. The third-order valence-electron chi connectivity index (χ3n) is 1.62. The van der Waals surface area contributed by atoms with Crippen molar-refractivity contribution in [2.45, 2.75) is 6.92 Å². The molecule has 0 saturated carbocycles. The van der Waals surface area contributed by atoms with E-state index in [1.807, 2.05) is 12.1 Å². The van der Waals surface area contributed by atoms with Crippen LogP contribution in [0.15, 0.2) is 27.4 Å². The van der Waals surface area contributed by atoms with Crippen LogP contribution in [0.2, 0.25) is 0 Å². The van der Waals surface area contributed by atoms with Gasteiger partial charge in [0.1, 0.15) is 9.21 Å². The number of hydrogen-bond donors (Lipinski definition) is 0. The summed E-state index contributed by atoms with van der Waals surface area (Å²) in [6.45, 7) is 2.07. The highest BCUT2D eigenvalue weighted by Gasteiger charge is 2.05. The average Bonchev–Trinajstić information content (AvgIpc) is 2.50. The lowest BCUT2D eigenvalue weighted by atomic mass is 10.4. The van der Waals surface area contributed by atoms with Gasteiger partial charge in [-0.15, -0.1) is 11.3 Å². The Morgan fingerprint density at radius 2 is 1.79 bits per heavy atom. The van der Waals surface area contributed by atoms with Gasteiger partial charge in [-0.25, -0.2) is 9.97 Å². The molecule has 0 unspecified atom stereocenters. The lowest BCUT2D eigenvalue weighted by Crippen LogP contribution is -1.87. The second kappa shape index (κ2) is 4.08. The van der Waals surface area contributed by atoms with Gasteiger partial charge in [-0.05, 0) is 50.9 Å². The van der Waals surface area contributed by atoms with Crippen LogP contribution in [-0.2, 0) is 0 Å². The number of nitrogens with zero attached hydrogens (tertiary/aromatic N) is 2. The minimum Gasteiger partial charge on any atom is -0.220 e. The molecular weight excluding hydrogens is 328 g/mol. The molecule has 0 saturated heterocycles. The van der Waals surface area contributed by atoms with E-state index in [0.717, 1.165) is 19.9 Å². The Morgan fingerprint density at radius 3 is 2.29 bits per heavy atom. The van der Waals surface area contributed by atoms with Gasteiger partial charge in [-0.3, -0.25) is 0 Å². The monoisotopic (exact) mass is 332 g/mol. The third kappa shape index (κ3) is 2.21. The zero-order valence-electron chi connectivity index (χ0n) is 7.29. The van der Waals surface area contributed by atoms with Crippen LogP contribution >= 0.6 is 43.2 Å². The summed E-state index contributed by atoms with van der Waals surface area (Å²) in [5.74, 6) is 0.754. The Bertz CT molecular complexity index is 447. The van der Waals surface area contributed by atoms with E-state index in [-0.39, 0.29) is 0 Å². The zero-order valence-corrected chi connectivity index (χ0v) is 11.3. The van der Waals surface area contributed by atoms with Crippen molar-refractivity contribution in [1.82, 2.24) is 9.97 Å². The fraction of sp³-hybridized carbons (Fsp3) is 0.111. The summed E-state index contributed by atoms with van der Waals surface area (Å²) in [6, 6.07) is 5.93. The Balaban J connectivity index is 2.51. The standard InChI is InChI=1S/C9H6Br2N2S/c1-5-2-3-6(14-5)9-12-7(10)4-8(11)13-9/h2-4H,1H3. The van der Waals surface area contributed by atoms with Gasteiger partial charge in [0.2, 0.25) is 0 Å². The maximum Gasteiger partial charge on any atom is 0.171 e. The molecule has 0 aliphatic heterocycles. The summed E-state index contributed by atoms with van der Waals surface area (Å²) in [7, 11) is 0. The summed E-state index contributed by atoms with van der Waals surface area (Å²) in [5.41, 5.74) is 0. The van der Waals surface area contributed by atoms with Crippen LogP contribution in [0.3, 0.4) is 0 Å². The molecule has 5 heteroatoms. The summed E-state index contributed by atoms with van der Waals surface area (Å²) in [4.78, 5) is 11.0. The Labute approximate surface area is 103 Å². The lowest BCUT2D eigenvalue weighted by Gasteiger charge is -1.97. The van der Waals surface area contributed by atoms with E-state index < -0.39 is 0 Å². The molecule has 2 heterocycles. The van der Waals surface area contributed by atoms with Crippen molar-refractivity contribution in [3.63, 3.8) is 0 Å². The van der Waals surface area contributed by atoms with Crippen LogP contribution in [-0.4, -0.2) is 9.97 Å². The van der Waals surface area contributed by atoms with E-state index in [1.54, 1.807) is 11.3 Å². The molecule has 0 spiro atoms. The van der Waals surface area contributed by atoms with Crippen molar-refractivity contribution < 1.29 is 0 Å². The highest BCUT2D eigenvalue weighted by molar-refractivity contribution is 9.11. The third-order valence-corrected chi connectivity index (χ3v) is 3.43. The predicted molar refractivity (Wildman–Crippen MR) is 65.5 cm³/mol. The van der Waals surface area contributed by atoms with Gasteiger partial charge in [0.25, 0.3) is 0 Å². The molecule has 0 aliphatic carbocycles. The summed E-state index contributed by atoms with van der Waals surface area (Å²) in [6.07, 6.45) is 0. The fourth-order valence-electron chi connectivity index (χ4n) is 1.06. The first-order chi connectivity index (χ1) is 6.65. The molecule has 72 valence electrons. The van der Waals surface area contributed by atoms with Crippen molar-refractivity contribution >= 4 is 43.2 Å². The quantitative estimate of drug-likeness (QED) is 0.736. The van der Waals surface area contributed by atoms with Crippen LogP contribution in [0.5, 0.6) is 0 Å². The number of halogens is 2. The van der Waals surface area contributed by atoms with Crippen molar-refractivity contribution in [3.05, 3.63) is 32.3 Å². The molecule has 2 nitrogen and oxygen atoms in total. The maximum atomic E-state index is 4.30. The van der Waals surface area contributed by atoms with Crippen molar-refractivity contribution in [1.29, 1.82) is 0 Å². The molecule has 0 bridgehead atoms. The van der Waals surface area contributed by atoms with Crippen molar-refractivity contribution in [2.24, 2.45) is 0 Å². The van der Waals surface area contributed by atoms with E-state index >= 15 is 0 Å². The van der Waals surface area contributed by atoms with Crippen molar-refractivity contribution in [2.75, 3.05) is 0 Å². The zero-order chi connectivity index (χ0) is 10.1. The minimum absolute atomic E-state index is 0.754. The lowest BCUT2D eigenvalue weighted by molar-refractivity contribution is 1.13. The first-order valence-corrected chi connectivity index (χ1v) is 6.32. The molecule has 0 N–H and O–H groups in total. The van der Waals surface area contributed by atoms with Gasteiger partial charge in [-0.1, -0.05) is 0 Å². The molecule has 14 heavy (non-hydrogen) atoms. The molecule has 2 aromatic heterocycles. The van der Waals surface area contributed by atoms with Crippen molar-refractivity contribution in [3.8, 4) is 10.7 Å². The van der Waals surface area contributed by atoms with Crippen LogP contribution in [0.4, 0.5) is 0 Å². The highest BCUT2D eigenvalue weighted by atomic mass is 79.9. The molecular formula is C9H6Br2N2S. The smallest absolute Gasteiger partial charge is 0.171 e. The van der Waals surface area contributed by atoms with Crippen LogP contribution in [0.25, 0.3) is 10.7 Å². The number of rotatable bonds is 1. The largest absolute Gasteiger partial charge is 0.220 e. The number of aromatic nitrogens is 2. The second-order valence-electron chi connectivity index (χ2n) is 2.75. The van der Waals surface area contributed by atoms with Crippen LogP contribution in [0.1, 0.15) is 4.88 Å². The molecule has 0 aliphatic rings. The highest BCUT2D eigenvalue weighted by Crippen LogP contribution is 2.26. The minimum atomic E-state index is 0.754. The van der Waals surface area contributed by atoms with E-state index in [2.05, 4.69) is 54.8 Å². The van der Waals surface area contributed by atoms with Gasteiger partial charge in [0.15, 0.2) is 5.82 Å². The second-order valence-corrected chi connectivity index (χ2v) is 5.66. The van der Waals surface area contributed by atoms with Crippen LogP contribution in [0, 0.1) is 6.92 Å². The predicted octanol–water partition coefficient (Wildman–Crippen LogP) is 4.04. The first-order valence-electron chi connectivity index (χ1n) is 3.92. The Kier molecular flexibility index (Phi) is 2.99. The van der Waals surface area contributed by atoms with Gasteiger partial charge in [0, 0.05) is 10.9 Å². The normalized spacial score (nSPS) is 10.5. The summed E-state index contributed by atoms with van der Waals surface area (Å²) >= 11 is 8.37. The van der Waals surface area contributed by atoms with E-state index in [4.69, 9.17) is 0 Å². The van der Waals surface area contributed by atoms with E-state index in [9.17, 15) is 0 Å². The van der Waals surface area contributed by atoms with Gasteiger partial charge in [0.05, 0.1) is 4.88 Å². The van der Waals surface area contributed by atoms with Gasteiger partial charge >= 0.3 is 0 Å².